The van der Waals surface area contributed by atoms with Crippen LogP contribution in [0.4, 0.5) is 0 Å². The van der Waals surface area contributed by atoms with E-state index in [2.05, 4.69) is 4.98 Å². The van der Waals surface area contributed by atoms with Crippen LogP contribution >= 0.6 is 24.0 Å². The molecular formula is C11H17IN2O2. The van der Waals surface area contributed by atoms with E-state index in [-0.39, 0.29) is 30.1 Å². The molecule has 1 aromatic heterocycles. The molecule has 2 N–H and O–H groups in total. The van der Waals surface area contributed by atoms with Crippen LogP contribution < -0.4 is 5.73 Å². The van der Waals surface area contributed by atoms with E-state index >= 15 is 0 Å². The second-order valence-corrected chi connectivity index (χ2v) is 4.11. The number of carbonyl (C=O) groups excluding carboxylic acids is 1. The third-order valence-corrected chi connectivity index (χ3v) is 2.23. The van der Waals surface area contributed by atoms with Crippen molar-refractivity contribution >= 4 is 29.9 Å². The molecule has 0 bridgehead atoms. The first-order valence-corrected chi connectivity index (χ1v) is 4.81. The Kier molecular flexibility index (Phi) is 5.88. The molecule has 0 saturated carbocycles. The lowest BCUT2D eigenvalue weighted by atomic mass is 10.0. The normalized spacial score (nSPS) is 12.5. The molecular weight excluding hydrogens is 319 g/mol. The number of hydrogen-bond donors (Lipinski definition) is 1. The van der Waals surface area contributed by atoms with Crippen molar-refractivity contribution in [1.29, 1.82) is 0 Å². The van der Waals surface area contributed by atoms with Crippen LogP contribution in [0, 0.1) is 0 Å². The maximum atomic E-state index is 11.6. The zero-order chi connectivity index (χ0) is 11.5. The molecule has 0 radical (unpaired) electrons. The zero-order valence-corrected chi connectivity index (χ0v) is 12.0. The number of esters is 1. The first-order valence-electron chi connectivity index (χ1n) is 4.81. The predicted molar refractivity (Wildman–Crippen MR) is 72.8 cm³/mol. The van der Waals surface area contributed by atoms with Crippen molar-refractivity contribution in [2.45, 2.75) is 32.4 Å². The van der Waals surface area contributed by atoms with Gasteiger partial charge in [-0.05, 0) is 32.9 Å². The summed E-state index contributed by atoms with van der Waals surface area (Å²) in [5.41, 5.74) is 5.71. The quantitative estimate of drug-likeness (QED) is 0.677. The Labute approximate surface area is 113 Å². The van der Waals surface area contributed by atoms with Gasteiger partial charge in [0.05, 0.1) is 5.56 Å². The lowest BCUT2D eigenvalue weighted by Crippen LogP contribution is -2.45. The van der Waals surface area contributed by atoms with E-state index in [1.54, 1.807) is 25.3 Å². The van der Waals surface area contributed by atoms with Crippen LogP contribution in [0.3, 0.4) is 0 Å². The van der Waals surface area contributed by atoms with Gasteiger partial charge in [-0.25, -0.2) is 4.79 Å². The van der Waals surface area contributed by atoms with E-state index in [0.717, 1.165) is 0 Å². The van der Waals surface area contributed by atoms with Gasteiger partial charge in [0, 0.05) is 17.9 Å². The summed E-state index contributed by atoms with van der Waals surface area (Å²) in [5, 5.41) is 0. The van der Waals surface area contributed by atoms with Gasteiger partial charge in [0.2, 0.25) is 0 Å². The molecule has 16 heavy (non-hydrogen) atoms. The van der Waals surface area contributed by atoms with E-state index in [0.29, 0.717) is 5.56 Å². The summed E-state index contributed by atoms with van der Waals surface area (Å²) in [6.45, 7) is 5.40. The van der Waals surface area contributed by atoms with E-state index in [1.165, 1.54) is 6.20 Å². The molecule has 0 spiro atoms. The number of ether oxygens (including phenoxy) is 1. The lowest BCUT2D eigenvalue weighted by molar-refractivity contribution is 0.0185. The van der Waals surface area contributed by atoms with Crippen LogP contribution in [-0.4, -0.2) is 22.6 Å². The molecule has 1 heterocycles. The molecule has 90 valence electrons. The molecule has 0 aliphatic rings. The average molecular weight is 336 g/mol. The van der Waals surface area contributed by atoms with Gasteiger partial charge in [-0.3, -0.25) is 4.98 Å². The van der Waals surface area contributed by atoms with Crippen molar-refractivity contribution < 1.29 is 9.53 Å². The number of nitrogens with two attached hydrogens (primary N) is 1. The highest BCUT2D eigenvalue weighted by Crippen LogP contribution is 2.11. The van der Waals surface area contributed by atoms with Crippen LogP contribution in [0.25, 0.3) is 0 Å². The molecule has 0 aromatic carbocycles. The molecule has 0 aliphatic carbocycles. The van der Waals surface area contributed by atoms with Crippen LogP contribution in [0.5, 0.6) is 0 Å². The van der Waals surface area contributed by atoms with Gasteiger partial charge in [-0.2, -0.15) is 0 Å². The lowest BCUT2D eigenvalue weighted by Gasteiger charge is -2.26. The van der Waals surface area contributed by atoms with Crippen molar-refractivity contribution in [2.24, 2.45) is 5.73 Å². The summed E-state index contributed by atoms with van der Waals surface area (Å²) < 4.78 is 5.20. The third kappa shape index (κ3) is 4.44. The van der Waals surface area contributed by atoms with Gasteiger partial charge in [-0.15, -0.1) is 24.0 Å². The van der Waals surface area contributed by atoms with Gasteiger partial charge < -0.3 is 10.5 Å². The van der Waals surface area contributed by atoms with Crippen LogP contribution in [0.15, 0.2) is 24.5 Å². The topological polar surface area (TPSA) is 65.2 Å². The Bertz CT molecular complexity index is 336. The second-order valence-electron chi connectivity index (χ2n) is 4.11. The van der Waals surface area contributed by atoms with E-state index in [4.69, 9.17) is 10.5 Å². The summed E-state index contributed by atoms with van der Waals surface area (Å²) in [4.78, 5) is 15.4. The highest BCUT2D eigenvalue weighted by atomic mass is 127. The average Bonchev–Trinajstić information content (AvgIpc) is 2.17. The summed E-state index contributed by atoms with van der Waals surface area (Å²) in [6, 6.07) is 3.35. The monoisotopic (exact) mass is 336 g/mol. The highest BCUT2D eigenvalue weighted by Gasteiger charge is 2.24. The Hall–Kier alpha value is -0.690. The minimum absolute atomic E-state index is 0. The maximum Gasteiger partial charge on any atom is 0.340 e. The van der Waals surface area contributed by atoms with Gasteiger partial charge in [0.15, 0.2) is 0 Å². The first kappa shape index (κ1) is 15.3. The van der Waals surface area contributed by atoms with Crippen molar-refractivity contribution in [3.05, 3.63) is 30.1 Å². The molecule has 0 amide bonds. The van der Waals surface area contributed by atoms with Crippen LogP contribution in [-0.2, 0) is 4.74 Å². The highest BCUT2D eigenvalue weighted by molar-refractivity contribution is 14.0. The van der Waals surface area contributed by atoms with Crippen LogP contribution in [0.1, 0.15) is 31.1 Å². The maximum absolute atomic E-state index is 11.6. The number of aromatic nitrogens is 1. The number of halogens is 1. The Balaban J connectivity index is 0.00000225. The molecule has 0 saturated heterocycles. The Morgan fingerprint density at radius 3 is 2.62 bits per heavy atom. The summed E-state index contributed by atoms with van der Waals surface area (Å²) >= 11 is 0. The van der Waals surface area contributed by atoms with Crippen molar-refractivity contribution in [2.75, 3.05) is 0 Å². The van der Waals surface area contributed by atoms with Crippen molar-refractivity contribution in [3.8, 4) is 0 Å². The number of hydrogen-bond acceptors (Lipinski definition) is 4. The summed E-state index contributed by atoms with van der Waals surface area (Å²) in [6.07, 6.45) is 2.73. The molecule has 0 aliphatic heterocycles. The molecule has 1 aromatic rings. The molecule has 1 atom stereocenters. The van der Waals surface area contributed by atoms with Gasteiger partial charge in [0.1, 0.15) is 6.10 Å². The van der Waals surface area contributed by atoms with Gasteiger partial charge in [-0.1, -0.05) is 0 Å². The summed E-state index contributed by atoms with van der Waals surface area (Å²) in [7, 11) is 0. The fourth-order valence-corrected chi connectivity index (χ4v) is 0.864. The SMILES string of the molecule is CC(OC(=O)c1cccnc1)C(C)(C)N.I. The van der Waals surface area contributed by atoms with Crippen LogP contribution in [0.2, 0.25) is 0 Å². The zero-order valence-electron chi connectivity index (χ0n) is 9.64. The number of rotatable bonds is 3. The molecule has 1 rings (SSSR count). The third-order valence-electron chi connectivity index (χ3n) is 2.23. The van der Waals surface area contributed by atoms with E-state index < -0.39 is 11.5 Å². The molecule has 5 heteroatoms. The minimum Gasteiger partial charge on any atom is -0.457 e. The standard InChI is InChI=1S/C11H16N2O2.HI/c1-8(11(2,3)12)15-10(14)9-5-4-6-13-7-9;/h4-8H,12H2,1-3H3;1H. The fraction of sp³-hybridized carbons (Fsp3) is 0.455. The predicted octanol–water partition coefficient (Wildman–Crippen LogP) is 1.98. The molecule has 0 fully saturated rings. The summed E-state index contributed by atoms with van der Waals surface area (Å²) in [5.74, 6) is -0.394. The number of nitrogens with zero attached hydrogens (tertiary/aromatic N) is 1. The number of carbonyl (C=O) groups is 1. The largest absolute Gasteiger partial charge is 0.457 e. The Morgan fingerprint density at radius 2 is 2.19 bits per heavy atom. The van der Waals surface area contributed by atoms with E-state index in [9.17, 15) is 4.79 Å². The van der Waals surface area contributed by atoms with E-state index in [1.807, 2.05) is 13.8 Å². The molecule has 4 nitrogen and oxygen atoms in total. The van der Waals surface area contributed by atoms with Crippen molar-refractivity contribution in [3.63, 3.8) is 0 Å². The van der Waals surface area contributed by atoms with Gasteiger partial charge in [0.25, 0.3) is 0 Å². The smallest absolute Gasteiger partial charge is 0.340 e. The fourth-order valence-electron chi connectivity index (χ4n) is 0.864. The second kappa shape index (κ2) is 6.15. The molecule has 1 unspecified atom stereocenters. The first-order chi connectivity index (χ1) is 6.91. The minimum atomic E-state index is -0.544. The number of pyridine rings is 1. The van der Waals surface area contributed by atoms with Gasteiger partial charge >= 0.3 is 5.97 Å². The van der Waals surface area contributed by atoms with Crippen molar-refractivity contribution in [1.82, 2.24) is 4.98 Å². The Morgan fingerprint density at radius 1 is 1.56 bits per heavy atom.